The average Bonchev–Trinajstić information content (AvgIpc) is 2.96. The predicted molar refractivity (Wildman–Crippen MR) is 142 cm³/mol. The number of carbonyl (C=O) groups excluding carboxylic acids is 3. The Kier molecular flexibility index (Phi) is 10.4. The summed E-state index contributed by atoms with van der Waals surface area (Å²) >= 11 is 0. The zero-order valence-electron chi connectivity index (χ0n) is 21.7. The van der Waals surface area contributed by atoms with Crippen LogP contribution in [-0.4, -0.2) is 70.3 Å². The maximum Gasteiger partial charge on any atom is 0.414 e. The molecule has 3 rings (SSSR count). The molecule has 0 unspecified atom stereocenters. The minimum atomic E-state index is -4.26. The lowest BCUT2D eigenvalue weighted by Crippen LogP contribution is -2.31. The first-order chi connectivity index (χ1) is 19.2. The molecule has 0 saturated heterocycles. The summed E-state index contributed by atoms with van der Waals surface area (Å²) in [5.74, 6) is -0.306. The molecule has 14 heteroatoms. The molecule has 0 saturated carbocycles. The van der Waals surface area contributed by atoms with Crippen LogP contribution in [0.25, 0.3) is 0 Å². The Morgan fingerprint density at radius 1 is 0.850 bits per heavy atom. The number of ether oxygens (including phenoxy) is 3. The van der Waals surface area contributed by atoms with Gasteiger partial charge in [0.05, 0.1) is 31.3 Å². The van der Waals surface area contributed by atoms with Gasteiger partial charge >= 0.3 is 6.09 Å². The van der Waals surface area contributed by atoms with Gasteiger partial charge in [-0.1, -0.05) is 6.07 Å². The highest BCUT2D eigenvalue weighted by atomic mass is 32.2. The fraction of sp³-hybridized carbons (Fsp3) is 0.231. The molecule has 4 N–H and O–H groups in total. The first-order valence-electron chi connectivity index (χ1n) is 11.9. The van der Waals surface area contributed by atoms with E-state index in [9.17, 15) is 22.8 Å². The van der Waals surface area contributed by atoms with Crippen molar-refractivity contribution < 1.29 is 42.1 Å². The number of sulfonamides is 1. The second-order valence-electron chi connectivity index (χ2n) is 8.08. The Bertz CT molecular complexity index is 1440. The summed E-state index contributed by atoms with van der Waals surface area (Å²) in [6.07, 6.45) is 0.717. The van der Waals surface area contributed by atoms with Gasteiger partial charge in [-0.3, -0.25) is 9.59 Å². The molecule has 0 aliphatic heterocycles. The number of hydrogen-bond acceptors (Lipinski definition) is 10. The van der Waals surface area contributed by atoms with Crippen molar-refractivity contribution in [3.63, 3.8) is 0 Å². The molecule has 212 valence electrons. The Morgan fingerprint density at radius 2 is 1.55 bits per heavy atom. The third-order valence-electron chi connectivity index (χ3n) is 5.38. The highest BCUT2D eigenvalue weighted by Gasteiger charge is 2.20. The van der Waals surface area contributed by atoms with Gasteiger partial charge in [0.2, 0.25) is 5.88 Å². The van der Waals surface area contributed by atoms with Crippen LogP contribution in [0, 0.1) is 0 Å². The van der Waals surface area contributed by atoms with Crippen LogP contribution < -0.4 is 29.6 Å². The normalized spacial score (nSPS) is 10.8. The van der Waals surface area contributed by atoms with E-state index in [0.29, 0.717) is 24.5 Å². The summed E-state index contributed by atoms with van der Waals surface area (Å²) in [4.78, 5) is 40.0. The maximum absolute atomic E-state index is 12.7. The van der Waals surface area contributed by atoms with Crippen molar-refractivity contribution in [3.05, 3.63) is 77.5 Å². The number of benzene rings is 2. The highest BCUT2D eigenvalue weighted by molar-refractivity contribution is 7.90. The number of pyridine rings is 1. The molecule has 0 atom stereocenters. The number of nitrogens with one attached hydrogen (secondary N) is 3. The van der Waals surface area contributed by atoms with E-state index in [0.717, 1.165) is 11.8 Å². The lowest BCUT2D eigenvalue weighted by molar-refractivity contribution is 0.0951. The first kappa shape index (κ1) is 29.9. The van der Waals surface area contributed by atoms with Crippen LogP contribution in [0.2, 0.25) is 0 Å². The van der Waals surface area contributed by atoms with Crippen LogP contribution in [0.3, 0.4) is 0 Å². The molecule has 0 aliphatic carbocycles. The minimum absolute atomic E-state index is 0.0105. The van der Waals surface area contributed by atoms with Gasteiger partial charge in [-0.25, -0.2) is 22.9 Å². The lowest BCUT2D eigenvalue weighted by atomic mass is 10.1. The zero-order chi connectivity index (χ0) is 29.1. The van der Waals surface area contributed by atoms with Crippen molar-refractivity contribution in [1.29, 1.82) is 0 Å². The van der Waals surface area contributed by atoms with E-state index in [1.54, 1.807) is 13.2 Å². The van der Waals surface area contributed by atoms with Gasteiger partial charge in [-0.05, 0) is 54.4 Å². The quantitative estimate of drug-likeness (QED) is 0.247. The Balaban J connectivity index is 1.54. The second kappa shape index (κ2) is 13.9. The first-order valence-corrected chi connectivity index (χ1v) is 13.3. The largest absolute Gasteiger partial charge is 0.493 e. The number of aromatic nitrogens is 1. The van der Waals surface area contributed by atoms with Gasteiger partial charge in [0.15, 0.2) is 11.5 Å². The fourth-order valence-corrected chi connectivity index (χ4v) is 4.32. The molecule has 1 aromatic heterocycles. The third kappa shape index (κ3) is 8.15. The van der Waals surface area contributed by atoms with E-state index in [1.165, 1.54) is 43.5 Å². The summed E-state index contributed by atoms with van der Waals surface area (Å²) in [6, 6.07) is 13.0. The molecule has 0 bridgehead atoms. The monoisotopic (exact) mass is 572 g/mol. The molecule has 13 nitrogen and oxygen atoms in total. The minimum Gasteiger partial charge on any atom is -0.493 e. The number of methoxy groups -OCH3 is 2. The zero-order valence-corrected chi connectivity index (χ0v) is 22.5. The van der Waals surface area contributed by atoms with E-state index in [2.05, 4.69) is 15.6 Å². The topological polar surface area (TPSA) is 182 Å². The van der Waals surface area contributed by atoms with Crippen molar-refractivity contribution in [2.24, 2.45) is 0 Å². The predicted octanol–water partition coefficient (Wildman–Crippen LogP) is 1.27. The number of amides is 3. The summed E-state index contributed by atoms with van der Waals surface area (Å²) < 4.78 is 42.6. The Hall–Kier alpha value is -4.69. The van der Waals surface area contributed by atoms with Crippen LogP contribution >= 0.6 is 0 Å². The standard InChI is InChI=1S/C26H28N4O9S/c1-37-21-9-3-17(15-22(21)38-2)11-12-27-24(32)18-4-7-20(8-5-18)40(35,36)30-25(33)19-6-10-23(29-16-19)39-26(34)28-13-14-31/h3-10,15-16,31H,11-14H2,1-2H3,(H,27,32)(H,28,34)(H,30,33). The van der Waals surface area contributed by atoms with Crippen molar-refractivity contribution in [2.45, 2.75) is 11.3 Å². The van der Waals surface area contributed by atoms with Gasteiger partial charge < -0.3 is 30.0 Å². The number of carbonyl (C=O) groups is 3. The molecule has 1 heterocycles. The molecule has 3 amide bonds. The van der Waals surface area contributed by atoms with Gasteiger partial charge in [0.25, 0.3) is 21.8 Å². The Labute approximate surface area is 230 Å². The molecular weight excluding hydrogens is 544 g/mol. The molecule has 3 aromatic rings. The van der Waals surface area contributed by atoms with Crippen molar-refractivity contribution in [3.8, 4) is 17.4 Å². The lowest BCUT2D eigenvalue weighted by Gasteiger charge is -2.10. The molecule has 0 aliphatic rings. The molecule has 0 spiro atoms. The van der Waals surface area contributed by atoms with E-state index in [1.807, 2.05) is 16.9 Å². The van der Waals surface area contributed by atoms with E-state index < -0.39 is 27.9 Å². The number of hydrogen-bond donors (Lipinski definition) is 4. The van der Waals surface area contributed by atoms with E-state index in [4.69, 9.17) is 19.3 Å². The third-order valence-corrected chi connectivity index (χ3v) is 6.72. The van der Waals surface area contributed by atoms with E-state index in [-0.39, 0.29) is 35.1 Å². The molecule has 0 fully saturated rings. The highest BCUT2D eigenvalue weighted by Crippen LogP contribution is 2.27. The fourth-order valence-electron chi connectivity index (χ4n) is 3.35. The van der Waals surface area contributed by atoms with Crippen LogP contribution in [-0.2, 0) is 16.4 Å². The van der Waals surface area contributed by atoms with Gasteiger partial charge in [-0.2, -0.15) is 0 Å². The average molecular weight is 573 g/mol. The van der Waals surface area contributed by atoms with Crippen LogP contribution in [0.4, 0.5) is 4.79 Å². The second-order valence-corrected chi connectivity index (χ2v) is 9.76. The van der Waals surface area contributed by atoms with Crippen LogP contribution in [0.5, 0.6) is 17.4 Å². The smallest absolute Gasteiger partial charge is 0.414 e. The van der Waals surface area contributed by atoms with Crippen molar-refractivity contribution in [1.82, 2.24) is 20.3 Å². The summed E-state index contributed by atoms with van der Waals surface area (Å²) in [6.45, 7) is 0.0484. The number of aliphatic hydroxyl groups is 1. The molecule has 40 heavy (non-hydrogen) atoms. The summed E-state index contributed by atoms with van der Waals surface area (Å²) in [5.41, 5.74) is 1.06. The van der Waals surface area contributed by atoms with E-state index >= 15 is 0 Å². The molecule has 2 aromatic carbocycles. The SMILES string of the molecule is COc1ccc(CCNC(=O)c2ccc(S(=O)(=O)NC(=O)c3ccc(OC(=O)NCCO)nc3)cc2)cc1OC. The maximum atomic E-state index is 12.7. The van der Waals surface area contributed by atoms with Gasteiger partial charge in [0, 0.05) is 30.9 Å². The summed E-state index contributed by atoms with van der Waals surface area (Å²) in [7, 11) is -1.18. The number of rotatable bonds is 12. The molecule has 0 radical (unpaired) electrons. The van der Waals surface area contributed by atoms with Gasteiger partial charge in [-0.15, -0.1) is 0 Å². The number of aliphatic hydroxyl groups excluding tert-OH is 1. The van der Waals surface area contributed by atoms with Crippen molar-refractivity contribution in [2.75, 3.05) is 33.9 Å². The molecular formula is C26H28N4O9S. The van der Waals surface area contributed by atoms with Crippen molar-refractivity contribution >= 4 is 27.9 Å². The Morgan fingerprint density at radius 3 is 2.17 bits per heavy atom. The van der Waals surface area contributed by atoms with Crippen LogP contribution in [0.15, 0.2) is 65.7 Å². The summed E-state index contributed by atoms with van der Waals surface area (Å²) in [5, 5.41) is 13.7. The van der Waals surface area contributed by atoms with Gasteiger partial charge in [0.1, 0.15) is 0 Å². The van der Waals surface area contributed by atoms with Crippen LogP contribution in [0.1, 0.15) is 26.3 Å². The number of nitrogens with zero attached hydrogens (tertiary/aromatic N) is 1.